The summed E-state index contributed by atoms with van der Waals surface area (Å²) in [7, 11) is 1.75. The van der Waals surface area contributed by atoms with Gasteiger partial charge in [0.1, 0.15) is 0 Å². The van der Waals surface area contributed by atoms with Gasteiger partial charge in [0.2, 0.25) is 5.95 Å². The number of halogens is 2. The number of carbonyl (C=O) groups is 2. The lowest BCUT2D eigenvalue weighted by Crippen LogP contribution is -2.27. The number of anilines is 3. The van der Waals surface area contributed by atoms with Crippen LogP contribution in [0, 0.1) is 0 Å². The molecule has 3 aromatic rings. The second-order valence-corrected chi connectivity index (χ2v) is 8.50. The molecule has 3 amide bonds. The van der Waals surface area contributed by atoms with Crippen LogP contribution in [0.4, 0.5) is 22.1 Å². The molecule has 172 valence electrons. The van der Waals surface area contributed by atoms with Crippen LogP contribution in [0.3, 0.4) is 0 Å². The smallest absolute Gasteiger partial charge is 0.317 e. The molecule has 4 rings (SSSR count). The maximum Gasteiger partial charge on any atom is 0.323 e. The van der Waals surface area contributed by atoms with Gasteiger partial charge < -0.3 is 16.0 Å². The summed E-state index contributed by atoms with van der Waals surface area (Å²) in [6.07, 6.45) is 1.94. The number of rotatable bonds is 5. The highest BCUT2D eigenvalue weighted by atomic mass is 35.5. The van der Waals surface area contributed by atoms with E-state index in [-0.39, 0.29) is 11.8 Å². The van der Waals surface area contributed by atoms with Gasteiger partial charge in [-0.1, -0.05) is 29.3 Å². The summed E-state index contributed by atoms with van der Waals surface area (Å²) < 4.78 is 1.57. The third-order valence-electron chi connectivity index (χ3n) is 5.27. The Morgan fingerprint density at radius 2 is 1.73 bits per heavy atom. The molecule has 33 heavy (non-hydrogen) atoms. The van der Waals surface area contributed by atoms with Gasteiger partial charge in [-0.15, -0.1) is 0 Å². The zero-order chi connectivity index (χ0) is 23.4. The van der Waals surface area contributed by atoms with Crippen molar-refractivity contribution in [2.24, 2.45) is 7.05 Å². The lowest BCUT2D eigenvalue weighted by atomic mass is 9.98. The van der Waals surface area contributed by atoms with Gasteiger partial charge in [0.05, 0.1) is 10.0 Å². The number of hydrogen-bond acceptors (Lipinski definition) is 5. The highest BCUT2D eigenvalue weighted by Gasteiger charge is 2.21. The number of aromatic nitrogens is 3. The van der Waals surface area contributed by atoms with Crippen LogP contribution in [0.2, 0.25) is 10.0 Å². The first-order valence-electron chi connectivity index (χ1n) is 10.4. The first-order chi connectivity index (χ1) is 15.9. The molecule has 9 nitrogen and oxygen atoms in total. The van der Waals surface area contributed by atoms with E-state index in [9.17, 15) is 9.59 Å². The van der Waals surface area contributed by atoms with Crippen LogP contribution in [0.5, 0.6) is 0 Å². The molecule has 1 aromatic heterocycles. The van der Waals surface area contributed by atoms with E-state index in [1.54, 1.807) is 54.2 Å². The molecule has 1 fully saturated rings. The summed E-state index contributed by atoms with van der Waals surface area (Å²) >= 11 is 11.9. The number of benzene rings is 2. The number of nitrogens with zero attached hydrogens (tertiary/aromatic N) is 3. The van der Waals surface area contributed by atoms with E-state index >= 15 is 0 Å². The van der Waals surface area contributed by atoms with E-state index in [0.717, 1.165) is 31.8 Å². The van der Waals surface area contributed by atoms with Gasteiger partial charge in [0.25, 0.3) is 5.91 Å². The summed E-state index contributed by atoms with van der Waals surface area (Å²) in [6.45, 7) is 1.87. The van der Waals surface area contributed by atoms with E-state index in [2.05, 4.69) is 31.3 Å². The quantitative estimate of drug-likeness (QED) is 0.423. The molecule has 1 aliphatic heterocycles. The highest BCUT2D eigenvalue weighted by Crippen LogP contribution is 2.25. The van der Waals surface area contributed by atoms with Gasteiger partial charge in [-0.2, -0.15) is 10.1 Å². The second kappa shape index (κ2) is 10.2. The molecule has 0 bridgehead atoms. The first kappa shape index (κ1) is 23.0. The van der Waals surface area contributed by atoms with Crippen LogP contribution in [0.1, 0.15) is 34.9 Å². The molecule has 0 saturated carbocycles. The summed E-state index contributed by atoms with van der Waals surface area (Å²) in [6, 6.07) is 10.9. The molecule has 0 unspecified atom stereocenters. The Morgan fingerprint density at radius 3 is 2.45 bits per heavy atom. The molecule has 1 aliphatic rings. The minimum Gasteiger partial charge on any atom is -0.317 e. The van der Waals surface area contributed by atoms with Crippen LogP contribution in [-0.2, 0) is 7.05 Å². The molecule has 0 radical (unpaired) electrons. The predicted molar refractivity (Wildman–Crippen MR) is 129 cm³/mol. The fourth-order valence-corrected chi connectivity index (χ4v) is 3.84. The molecule has 0 atom stereocenters. The maximum absolute atomic E-state index is 12.8. The lowest BCUT2D eigenvalue weighted by Gasteiger charge is -2.19. The third kappa shape index (κ3) is 5.81. The van der Waals surface area contributed by atoms with Crippen molar-refractivity contribution in [2.45, 2.75) is 18.8 Å². The largest absolute Gasteiger partial charge is 0.323 e. The van der Waals surface area contributed by atoms with Crippen LogP contribution >= 0.6 is 23.2 Å². The Kier molecular flexibility index (Phi) is 7.12. The van der Waals surface area contributed by atoms with Gasteiger partial charge in [-0.05, 0) is 62.3 Å². The molecule has 2 heterocycles. The number of nitrogens with one attached hydrogen (secondary N) is 4. The van der Waals surface area contributed by atoms with E-state index < -0.39 is 6.03 Å². The Hall–Kier alpha value is -3.14. The number of carbonyl (C=O) groups excluding carboxylic acids is 2. The number of hydrogen-bond donors (Lipinski definition) is 4. The second-order valence-electron chi connectivity index (χ2n) is 7.68. The fraction of sp³-hybridized carbons (Fsp3) is 0.273. The third-order valence-corrected chi connectivity index (χ3v) is 6.01. The molecule has 11 heteroatoms. The minimum absolute atomic E-state index is 0.282. The number of amides is 3. The predicted octanol–water partition coefficient (Wildman–Crippen LogP) is 4.49. The Balaban J connectivity index is 1.40. The zero-order valence-corrected chi connectivity index (χ0v) is 19.4. The van der Waals surface area contributed by atoms with E-state index in [1.807, 2.05) is 0 Å². The van der Waals surface area contributed by atoms with Crippen molar-refractivity contribution in [1.82, 2.24) is 20.1 Å². The van der Waals surface area contributed by atoms with Crippen molar-refractivity contribution in [3.63, 3.8) is 0 Å². The van der Waals surface area contributed by atoms with Gasteiger partial charge in [-0.25, -0.2) is 9.48 Å². The van der Waals surface area contributed by atoms with Crippen LogP contribution in [-0.4, -0.2) is 39.8 Å². The fourth-order valence-electron chi connectivity index (χ4n) is 3.55. The van der Waals surface area contributed by atoms with Gasteiger partial charge in [0, 0.05) is 29.9 Å². The van der Waals surface area contributed by atoms with Gasteiger partial charge in [-0.3, -0.25) is 10.1 Å². The molecule has 0 spiro atoms. The topological polar surface area (TPSA) is 113 Å². The van der Waals surface area contributed by atoms with Crippen molar-refractivity contribution in [3.8, 4) is 0 Å². The number of piperidine rings is 1. The summed E-state index contributed by atoms with van der Waals surface area (Å²) in [5.41, 5.74) is 1.31. The van der Waals surface area contributed by atoms with Crippen molar-refractivity contribution in [2.75, 3.05) is 29.0 Å². The Morgan fingerprint density at radius 1 is 1.00 bits per heavy atom. The molecule has 0 aliphatic carbocycles. The van der Waals surface area contributed by atoms with Gasteiger partial charge in [0.15, 0.2) is 5.82 Å². The van der Waals surface area contributed by atoms with Gasteiger partial charge >= 0.3 is 6.03 Å². The molecule has 2 aromatic carbocycles. The first-order valence-corrected chi connectivity index (χ1v) is 11.2. The van der Waals surface area contributed by atoms with E-state index in [4.69, 9.17) is 23.2 Å². The number of aryl methyl sites for hydroxylation is 1. The van der Waals surface area contributed by atoms with Crippen LogP contribution in [0.15, 0.2) is 42.5 Å². The van der Waals surface area contributed by atoms with Crippen molar-refractivity contribution < 1.29 is 9.59 Å². The summed E-state index contributed by atoms with van der Waals surface area (Å²) in [4.78, 5) is 29.6. The van der Waals surface area contributed by atoms with E-state index in [1.165, 1.54) is 0 Å². The lowest BCUT2D eigenvalue weighted by molar-refractivity contribution is 0.102. The van der Waals surface area contributed by atoms with E-state index in [0.29, 0.717) is 32.9 Å². The average Bonchev–Trinajstić information content (AvgIpc) is 3.17. The van der Waals surface area contributed by atoms with Crippen LogP contribution in [0.25, 0.3) is 0 Å². The Bertz CT molecular complexity index is 1180. The van der Waals surface area contributed by atoms with Crippen molar-refractivity contribution in [1.29, 1.82) is 0 Å². The normalized spacial score (nSPS) is 14.0. The molecular weight excluding hydrogens is 465 g/mol. The van der Waals surface area contributed by atoms with Crippen molar-refractivity contribution in [3.05, 3.63) is 63.9 Å². The highest BCUT2D eigenvalue weighted by molar-refractivity contribution is 6.42. The Labute approximate surface area is 200 Å². The molecule has 4 N–H and O–H groups in total. The summed E-state index contributed by atoms with van der Waals surface area (Å²) in [5.74, 6) is 1.05. The number of urea groups is 1. The zero-order valence-electron chi connectivity index (χ0n) is 17.9. The van der Waals surface area contributed by atoms with Crippen LogP contribution < -0.4 is 21.3 Å². The standard InChI is InChI=1S/C22H23Cl2N7O2/c1-31-21(28-19(30-31)13-7-9-25-10-8-13)29-20(32)14-3-2-4-15(11-14)26-22(33)27-16-5-6-17(23)18(24)12-16/h2-6,11-13,25H,7-10H2,1H3,(H2,26,27,33)(H,28,29,30,32). The SMILES string of the molecule is Cn1nc(C2CCNCC2)nc1NC(=O)c1cccc(NC(=O)Nc2ccc(Cl)c(Cl)c2)c1. The average molecular weight is 488 g/mol. The minimum atomic E-state index is -0.481. The monoisotopic (exact) mass is 487 g/mol. The molecule has 1 saturated heterocycles. The molecular formula is C22H23Cl2N7O2. The maximum atomic E-state index is 12.8. The summed E-state index contributed by atoms with van der Waals surface area (Å²) in [5, 5.41) is 16.7. The van der Waals surface area contributed by atoms with Crippen molar-refractivity contribution >= 4 is 52.5 Å².